The van der Waals surface area contributed by atoms with Gasteiger partial charge >= 0.3 is 0 Å². The first kappa shape index (κ1) is 15.8. The number of halogens is 2. The highest BCUT2D eigenvalue weighted by Gasteiger charge is 2.07. The average Bonchev–Trinajstić information content (AvgIpc) is 2.48. The van der Waals surface area contributed by atoms with Gasteiger partial charge in [0.2, 0.25) is 6.29 Å². The van der Waals surface area contributed by atoms with Crippen molar-refractivity contribution in [2.24, 2.45) is 5.73 Å². The van der Waals surface area contributed by atoms with Gasteiger partial charge in [-0.1, -0.05) is 41.4 Å². The molecule has 0 saturated carbocycles. The molecule has 0 aliphatic rings. The van der Waals surface area contributed by atoms with Crippen LogP contribution in [0.15, 0.2) is 42.5 Å². The first-order valence-corrected chi connectivity index (χ1v) is 7.13. The normalized spacial score (nSPS) is 12.0. The summed E-state index contributed by atoms with van der Waals surface area (Å²) in [7, 11) is 0. The lowest BCUT2D eigenvalue weighted by Gasteiger charge is -2.10. The quantitative estimate of drug-likeness (QED) is 0.884. The molecule has 0 amide bonds. The summed E-state index contributed by atoms with van der Waals surface area (Å²) < 4.78 is 5.66. The third-order valence-electron chi connectivity index (χ3n) is 2.98. The van der Waals surface area contributed by atoms with Gasteiger partial charge in [0.05, 0.1) is 6.04 Å². The summed E-state index contributed by atoms with van der Waals surface area (Å²) in [6.45, 7) is 0.291. The highest BCUT2D eigenvalue weighted by Crippen LogP contribution is 2.26. The van der Waals surface area contributed by atoms with Crippen LogP contribution in [0.3, 0.4) is 0 Å². The smallest absolute Gasteiger partial charge is 0.217 e. The largest absolute Gasteiger partial charge is 0.489 e. The predicted molar refractivity (Wildman–Crippen MR) is 84.6 cm³/mol. The number of nitrogens with two attached hydrogens (primary N) is 1. The molecule has 0 saturated heterocycles. The third kappa shape index (κ3) is 4.46. The Kier molecular flexibility index (Phi) is 5.62. The van der Waals surface area contributed by atoms with Crippen LogP contribution in [-0.2, 0) is 17.8 Å². The Balaban J connectivity index is 1.99. The van der Waals surface area contributed by atoms with E-state index in [-0.39, 0.29) is 0 Å². The zero-order valence-electron chi connectivity index (χ0n) is 11.2. The Morgan fingerprint density at radius 3 is 2.29 bits per heavy atom. The molecule has 0 fully saturated rings. The van der Waals surface area contributed by atoms with Crippen LogP contribution in [0, 0.1) is 0 Å². The highest BCUT2D eigenvalue weighted by atomic mass is 35.5. The van der Waals surface area contributed by atoms with Crippen LogP contribution in [0.5, 0.6) is 5.75 Å². The number of benzene rings is 2. The molecule has 0 bridgehead atoms. The van der Waals surface area contributed by atoms with Crippen molar-refractivity contribution in [3.05, 3.63) is 63.6 Å². The summed E-state index contributed by atoms with van der Waals surface area (Å²) in [5, 5.41) is 1.15. The molecule has 1 radical (unpaired) electrons. The Morgan fingerprint density at radius 1 is 1.10 bits per heavy atom. The van der Waals surface area contributed by atoms with Gasteiger partial charge in [0.25, 0.3) is 0 Å². The number of ether oxygens (including phenoxy) is 1. The first-order valence-electron chi connectivity index (χ1n) is 6.38. The van der Waals surface area contributed by atoms with E-state index in [1.165, 1.54) is 0 Å². The van der Waals surface area contributed by atoms with Crippen molar-refractivity contribution in [3.8, 4) is 5.75 Å². The molecule has 0 aliphatic heterocycles. The maximum Gasteiger partial charge on any atom is 0.217 e. The van der Waals surface area contributed by atoms with E-state index in [1.54, 1.807) is 24.5 Å². The topological polar surface area (TPSA) is 52.3 Å². The number of hydrogen-bond donors (Lipinski definition) is 1. The van der Waals surface area contributed by atoms with Gasteiger partial charge in [-0.05, 0) is 36.2 Å². The van der Waals surface area contributed by atoms with Crippen LogP contribution in [0.25, 0.3) is 0 Å². The minimum atomic E-state index is -0.598. The molecule has 0 aromatic heterocycles. The van der Waals surface area contributed by atoms with Gasteiger partial charge < -0.3 is 10.5 Å². The van der Waals surface area contributed by atoms with Gasteiger partial charge in [0.15, 0.2) is 0 Å². The Morgan fingerprint density at radius 2 is 1.71 bits per heavy atom. The van der Waals surface area contributed by atoms with E-state index in [9.17, 15) is 4.79 Å². The summed E-state index contributed by atoms with van der Waals surface area (Å²) in [6.07, 6.45) is 2.21. The van der Waals surface area contributed by atoms with E-state index in [2.05, 4.69) is 0 Å². The highest BCUT2D eigenvalue weighted by molar-refractivity contribution is 6.35. The fourth-order valence-electron chi connectivity index (χ4n) is 1.84. The second-order valence-corrected chi connectivity index (χ2v) is 5.38. The fraction of sp³-hybridized carbons (Fsp3) is 0.188. The second-order valence-electron chi connectivity index (χ2n) is 4.56. The summed E-state index contributed by atoms with van der Waals surface area (Å²) >= 11 is 12.2. The maximum absolute atomic E-state index is 10.4. The van der Waals surface area contributed by atoms with E-state index in [0.717, 1.165) is 11.1 Å². The molecule has 109 valence electrons. The van der Waals surface area contributed by atoms with Gasteiger partial charge in [-0.3, -0.25) is 4.79 Å². The molecule has 1 atom stereocenters. The zero-order chi connectivity index (χ0) is 15.2. The van der Waals surface area contributed by atoms with Crippen molar-refractivity contribution in [1.82, 2.24) is 0 Å². The van der Waals surface area contributed by atoms with Gasteiger partial charge in [-0.15, -0.1) is 0 Å². The molecular formula is C16H14Cl2NO2. The molecule has 0 unspecified atom stereocenters. The van der Waals surface area contributed by atoms with E-state index in [4.69, 9.17) is 33.7 Å². The Bertz CT molecular complexity index is 594. The molecule has 5 heteroatoms. The van der Waals surface area contributed by atoms with Crippen LogP contribution >= 0.6 is 23.2 Å². The van der Waals surface area contributed by atoms with Gasteiger partial charge in [-0.25, -0.2) is 0 Å². The van der Waals surface area contributed by atoms with E-state index >= 15 is 0 Å². The molecule has 3 nitrogen and oxygen atoms in total. The van der Waals surface area contributed by atoms with Gasteiger partial charge in [-0.2, -0.15) is 0 Å². The molecule has 0 spiro atoms. The van der Waals surface area contributed by atoms with Crippen LogP contribution in [0.4, 0.5) is 0 Å². The number of carbonyl (C=O) groups excluding carboxylic acids is 1. The molecular weight excluding hydrogens is 309 g/mol. The van der Waals surface area contributed by atoms with Crippen molar-refractivity contribution in [2.75, 3.05) is 0 Å². The molecule has 0 heterocycles. The van der Waals surface area contributed by atoms with Crippen LogP contribution in [-0.4, -0.2) is 12.3 Å². The van der Waals surface area contributed by atoms with Gasteiger partial charge in [0, 0.05) is 15.6 Å². The standard InChI is InChI=1S/C16H14Cl2NO2/c17-15-2-1-3-16(18)14(15)10-21-13-6-4-11(5-7-13)8-12(19)9-20/h1-7,12H,8,10,19H2/t12-/m0/s1. The van der Waals surface area contributed by atoms with E-state index < -0.39 is 6.04 Å². The SMILES string of the molecule is N[C@H]([C]=O)Cc1ccc(OCc2c(Cl)cccc2Cl)cc1. The molecule has 21 heavy (non-hydrogen) atoms. The maximum atomic E-state index is 10.4. The second kappa shape index (κ2) is 7.46. The molecule has 2 aromatic rings. The lowest BCUT2D eigenvalue weighted by molar-refractivity contribution is 0.306. The monoisotopic (exact) mass is 322 g/mol. The molecule has 0 aliphatic carbocycles. The third-order valence-corrected chi connectivity index (χ3v) is 3.68. The molecule has 2 aromatic carbocycles. The van der Waals surface area contributed by atoms with E-state index in [0.29, 0.717) is 28.8 Å². The first-order chi connectivity index (χ1) is 10.1. The summed E-state index contributed by atoms with van der Waals surface area (Å²) in [5.74, 6) is 0.693. The Labute approximate surface area is 133 Å². The van der Waals surface area contributed by atoms with Crippen LogP contribution in [0.2, 0.25) is 10.0 Å². The number of hydrogen-bond acceptors (Lipinski definition) is 3. The minimum Gasteiger partial charge on any atom is -0.489 e. The lowest BCUT2D eigenvalue weighted by atomic mass is 10.1. The van der Waals surface area contributed by atoms with Crippen molar-refractivity contribution in [3.63, 3.8) is 0 Å². The summed E-state index contributed by atoms with van der Waals surface area (Å²) in [5.41, 5.74) is 7.23. The Hall–Kier alpha value is -1.55. The lowest BCUT2D eigenvalue weighted by Crippen LogP contribution is -2.23. The minimum absolute atomic E-state index is 0.291. The summed E-state index contributed by atoms with van der Waals surface area (Å²) in [6, 6.07) is 12.1. The van der Waals surface area contributed by atoms with Crippen molar-refractivity contribution < 1.29 is 9.53 Å². The van der Waals surface area contributed by atoms with Gasteiger partial charge in [0.1, 0.15) is 12.4 Å². The van der Waals surface area contributed by atoms with E-state index in [1.807, 2.05) is 24.3 Å². The van der Waals surface area contributed by atoms with Crippen molar-refractivity contribution in [1.29, 1.82) is 0 Å². The van der Waals surface area contributed by atoms with Crippen LogP contribution in [0.1, 0.15) is 11.1 Å². The van der Waals surface area contributed by atoms with Crippen molar-refractivity contribution >= 4 is 29.5 Å². The predicted octanol–water partition coefficient (Wildman–Crippen LogP) is 3.55. The molecule has 2 N–H and O–H groups in total. The zero-order valence-corrected chi connectivity index (χ0v) is 12.7. The number of rotatable bonds is 6. The average molecular weight is 323 g/mol. The fourth-order valence-corrected chi connectivity index (χ4v) is 2.35. The summed E-state index contributed by atoms with van der Waals surface area (Å²) in [4.78, 5) is 10.4. The molecule has 2 rings (SSSR count). The van der Waals surface area contributed by atoms with Crippen molar-refractivity contribution in [2.45, 2.75) is 19.1 Å². The van der Waals surface area contributed by atoms with Crippen LogP contribution < -0.4 is 10.5 Å².